The molecule has 0 bridgehead atoms. The standard InChI is InChI=1S/C21H29N/c1-14-4-7-18-17-6-5-16-12-15(13-22)8-10-21(16,3)19(17)9-11-20(14,18)2/h5,12,14,17-19H,4,6-11H2,1-3H3/t14-,17?,18?,19?,20+,21-/m0/s1. The maximum atomic E-state index is 9.24. The van der Waals surface area contributed by atoms with E-state index in [1.165, 1.54) is 44.1 Å². The average Bonchev–Trinajstić information content (AvgIpc) is 2.82. The highest BCUT2D eigenvalue weighted by atomic mass is 14.6. The third-order valence-electron chi connectivity index (χ3n) is 8.39. The van der Waals surface area contributed by atoms with Crippen molar-refractivity contribution in [3.63, 3.8) is 0 Å². The summed E-state index contributed by atoms with van der Waals surface area (Å²) in [5, 5.41) is 9.24. The Labute approximate surface area is 135 Å². The predicted octanol–water partition coefficient (Wildman–Crippen LogP) is 5.65. The zero-order chi connectivity index (χ0) is 15.5. The van der Waals surface area contributed by atoms with Crippen LogP contribution in [0.4, 0.5) is 0 Å². The molecule has 1 heteroatoms. The molecule has 4 rings (SSSR count). The molecule has 3 unspecified atom stereocenters. The molecule has 0 spiro atoms. The van der Waals surface area contributed by atoms with Crippen LogP contribution in [0.2, 0.25) is 0 Å². The first-order chi connectivity index (χ1) is 10.5. The van der Waals surface area contributed by atoms with Gasteiger partial charge in [0.2, 0.25) is 0 Å². The van der Waals surface area contributed by atoms with Gasteiger partial charge in [-0.1, -0.05) is 26.8 Å². The lowest BCUT2D eigenvalue weighted by Crippen LogP contribution is -2.48. The minimum absolute atomic E-state index is 0.344. The number of hydrogen-bond acceptors (Lipinski definition) is 1. The van der Waals surface area contributed by atoms with Crippen LogP contribution in [0, 0.1) is 45.8 Å². The largest absolute Gasteiger partial charge is 0.193 e. The molecule has 1 nitrogen and oxygen atoms in total. The van der Waals surface area contributed by atoms with Gasteiger partial charge in [0.15, 0.2) is 0 Å². The molecule has 4 aliphatic rings. The first-order valence-corrected chi connectivity index (χ1v) is 9.30. The molecule has 4 aliphatic carbocycles. The minimum atomic E-state index is 0.344. The van der Waals surface area contributed by atoms with E-state index in [1.807, 2.05) is 0 Å². The maximum absolute atomic E-state index is 9.24. The molecule has 0 heterocycles. The highest BCUT2D eigenvalue weighted by molar-refractivity contribution is 5.41. The number of hydrogen-bond donors (Lipinski definition) is 0. The monoisotopic (exact) mass is 295 g/mol. The van der Waals surface area contributed by atoms with Crippen molar-refractivity contribution < 1.29 is 0 Å². The summed E-state index contributed by atoms with van der Waals surface area (Å²) < 4.78 is 0. The summed E-state index contributed by atoms with van der Waals surface area (Å²) in [5.74, 6) is 3.60. The number of nitrogens with zero attached hydrogens (tertiary/aromatic N) is 1. The lowest BCUT2D eigenvalue weighted by atomic mass is 9.48. The topological polar surface area (TPSA) is 23.8 Å². The van der Waals surface area contributed by atoms with E-state index in [0.717, 1.165) is 35.7 Å². The second-order valence-electron chi connectivity index (χ2n) is 8.99. The average molecular weight is 295 g/mol. The van der Waals surface area contributed by atoms with E-state index in [0.29, 0.717) is 10.8 Å². The third kappa shape index (κ3) is 1.76. The Balaban J connectivity index is 1.71. The van der Waals surface area contributed by atoms with Gasteiger partial charge in [-0.25, -0.2) is 0 Å². The van der Waals surface area contributed by atoms with Crippen LogP contribution in [-0.4, -0.2) is 0 Å². The van der Waals surface area contributed by atoms with Gasteiger partial charge in [-0.05, 0) is 91.1 Å². The number of nitriles is 1. The highest BCUT2D eigenvalue weighted by Gasteiger charge is 2.57. The molecule has 22 heavy (non-hydrogen) atoms. The Morgan fingerprint density at radius 1 is 1.14 bits per heavy atom. The second-order valence-corrected chi connectivity index (χ2v) is 8.99. The molecule has 0 aromatic rings. The van der Waals surface area contributed by atoms with Crippen molar-refractivity contribution in [2.75, 3.05) is 0 Å². The van der Waals surface area contributed by atoms with Crippen molar-refractivity contribution in [1.29, 1.82) is 5.26 Å². The molecule has 0 aliphatic heterocycles. The van der Waals surface area contributed by atoms with Gasteiger partial charge >= 0.3 is 0 Å². The second kappa shape index (κ2) is 4.73. The molecule has 0 saturated heterocycles. The molecule has 2 fully saturated rings. The first kappa shape index (κ1) is 14.6. The van der Waals surface area contributed by atoms with Crippen LogP contribution in [0.1, 0.15) is 65.7 Å². The van der Waals surface area contributed by atoms with Gasteiger partial charge in [0, 0.05) is 5.57 Å². The van der Waals surface area contributed by atoms with E-state index < -0.39 is 0 Å². The molecular weight excluding hydrogens is 266 g/mol. The van der Waals surface area contributed by atoms with E-state index in [1.54, 1.807) is 0 Å². The molecule has 6 atom stereocenters. The van der Waals surface area contributed by atoms with E-state index >= 15 is 0 Å². The van der Waals surface area contributed by atoms with Crippen molar-refractivity contribution in [1.82, 2.24) is 0 Å². The summed E-state index contributed by atoms with van der Waals surface area (Å²) >= 11 is 0. The maximum Gasteiger partial charge on any atom is 0.0947 e. The van der Waals surface area contributed by atoms with Crippen molar-refractivity contribution in [3.05, 3.63) is 23.3 Å². The van der Waals surface area contributed by atoms with Crippen LogP contribution >= 0.6 is 0 Å². The van der Waals surface area contributed by atoms with Gasteiger partial charge in [-0.15, -0.1) is 0 Å². The molecule has 118 valence electrons. The number of fused-ring (bicyclic) bond motifs is 5. The van der Waals surface area contributed by atoms with Crippen LogP contribution < -0.4 is 0 Å². The van der Waals surface area contributed by atoms with E-state index in [4.69, 9.17) is 0 Å². The van der Waals surface area contributed by atoms with Gasteiger partial charge < -0.3 is 0 Å². The molecule has 0 aromatic heterocycles. The van der Waals surface area contributed by atoms with Crippen LogP contribution in [0.3, 0.4) is 0 Å². The normalized spacial score (nSPS) is 50.1. The van der Waals surface area contributed by atoms with Crippen molar-refractivity contribution >= 4 is 0 Å². The molecule has 0 radical (unpaired) electrons. The highest BCUT2D eigenvalue weighted by Crippen LogP contribution is 2.65. The van der Waals surface area contributed by atoms with E-state index in [2.05, 4.69) is 39.0 Å². The van der Waals surface area contributed by atoms with Crippen LogP contribution in [0.15, 0.2) is 23.3 Å². The molecule has 0 N–H and O–H groups in total. The summed E-state index contributed by atoms with van der Waals surface area (Å²) in [5.41, 5.74) is 3.44. The smallest absolute Gasteiger partial charge is 0.0947 e. The van der Waals surface area contributed by atoms with E-state index in [-0.39, 0.29) is 0 Å². The fourth-order valence-corrected chi connectivity index (χ4v) is 6.68. The Kier molecular flexibility index (Phi) is 3.13. The van der Waals surface area contributed by atoms with Crippen molar-refractivity contribution in [3.8, 4) is 6.07 Å². The number of rotatable bonds is 0. The summed E-state index contributed by atoms with van der Waals surface area (Å²) in [4.78, 5) is 0. The van der Waals surface area contributed by atoms with Gasteiger partial charge in [-0.2, -0.15) is 5.26 Å². The molecular formula is C21H29N. The molecule has 0 amide bonds. The molecule has 0 aromatic carbocycles. The van der Waals surface area contributed by atoms with Gasteiger partial charge in [0.25, 0.3) is 0 Å². The zero-order valence-corrected chi connectivity index (χ0v) is 14.4. The Morgan fingerprint density at radius 2 is 1.95 bits per heavy atom. The summed E-state index contributed by atoms with van der Waals surface area (Å²) in [7, 11) is 0. The Morgan fingerprint density at radius 3 is 2.73 bits per heavy atom. The lowest BCUT2D eigenvalue weighted by Gasteiger charge is -2.56. The zero-order valence-electron chi connectivity index (χ0n) is 14.4. The first-order valence-electron chi connectivity index (χ1n) is 9.30. The molecule has 2 saturated carbocycles. The third-order valence-corrected chi connectivity index (χ3v) is 8.39. The summed E-state index contributed by atoms with van der Waals surface area (Å²) in [6.07, 6.45) is 13.9. The van der Waals surface area contributed by atoms with Crippen LogP contribution in [0.25, 0.3) is 0 Å². The van der Waals surface area contributed by atoms with Gasteiger partial charge in [0.1, 0.15) is 0 Å². The summed E-state index contributed by atoms with van der Waals surface area (Å²) in [6.45, 7) is 7.58. The minimum Gasteiger partial charge on any atom is -0.193 e. The lowest BCUT2D eigenvalue weighted by molar-refractivity contribution is -0.0328. The van der Waals surface area contributed by atoms with Crippen LogP contribution in [0.5, 0.6) is 0 Å². The van der Waals surface area contributed by atoms with Crippen LogP contribution in [-0.2, 0) is 0 Å². The van der Waals surface area contributed by atoms with Gasteiger partial charge in [-0.3, -0.25) is 0 Å². The quantitative estimate of drug-likeness (QED) is 0.567. The number of allylic oxidation sites excluding steroid dienone is 4. The predicted molar refractivity (Wildman–Crippen MR) is 89.9 cm³/mol. The van der Waals surface area contributed by atoms with Crippen molar-refractivity contribution in [2.24, 2.45) is 34.5 Å². The Hall–Kier alpha value is -1.03. The fraction of sp³-hybridized carbons (Fsp3) is 0.762. The summed E-state index contributed by atoms with van der Waals surface area (Å²) in [6, 6.07) is 2.40. The SMILES string of the molecule is C[C@H]1CCC2C3CC=C4C=C(C#N)CC[C@]4(C)C3CC[C@@]21C. The van der Waals surface area contributed by atoms with Gasteiger partial charge in [0.05, 0.1) is 6.07 Å². The Bertz CT molecular complexity index is 592. The van der Waals surface area contributed by atoms with Crippen molar-refractivity contribution in [2.45, 2.75) is 65.7 Å². The fourth-order valence-electron chi connectivity index (χ4n) is 6.68. The van der Waals surface area contributed by atoms with E-state index in [9.17, 15) is 5.26 Å².